The molecule has 0 aliphatic heterocycles. The number of anilines is 1. The van der Waals surface area contributed by atoms with E-state index in [0.29, 0.717) is 26.4 Å². The molecule has 146 valence electrons. The normalized spacial score (nSPS) is 10.8. The van der Waals surface area contributed by atoms with Crippen molar-refractivity contribution in [3.8, 4) is 0 Å². The zero-order valence-corrected chi connectivity index (χ0v) is 16.1. The van der Waals surface area contributed by atoms with Gasteiger partial charge in [-0.3, -0.25) is 4.79 Å². The summed E-state index contributed by atoms with van der Waals surface area (Å²) in [6, 6.07) is 13.1. The summed E-state index contributed by atoms with van der Waals surface area (Å²) in [6.45, 7) is 1.82. The number of rotatable bonds is 5. The first-order chi connectivity index (χ1) is 14.0. The first-order valence-corrected chi connectivity index (χ1v) is 9.46. The van der Waals surface area contributed by atoms with Crippen molar-refractivity contribution >= 4 is 39.2 Å². The predicted octanol–water partition coefficient (Wildman–Crippen LogP) is 4.37. The van der Waals surface area contributed by atoms with Gasteiger partial charge in [0.1, 0.15) is 17.1 Å². The molecule has 1 amide bonds. The maximum atomic E-state index is 12.4. The summed E-state index contributed by atoms with van der Waals surface area (Å²) in [5.74, 6) is -0.788. The number of furan rings is 1. The molecule has 3 heterocycles. The summed E-state index contributed by atoms with van der Waals surface area (Å²) in [7, 11) is 0. The highest BCUT2D eigenvalue weighted by atomic mass is 32.1. The van der Waals surface area contributed by atoms with Gasteiger partial charge in [0.2, 0.25) is 0 Å². The van der Waals surface area contributed by atoms with E-state index in [1.54, 1.807) is 30.3 Å². The van der Waals surface area contributed by atoms with Crippen molar-refractivity contribution in [3.63, 3.8) is 0 Å². The van der Waals surface area contributed by atoms with Gasteiger partial charge in [0, 0.05) is 17.0 Å². The smallest absolute Gasteiger partial charge is 0.348 e. The van der Waals surface area contributed by atoms with Crippen LogP contribution in [0.1, 0.15) is 31.4 Å². The molecule has 1 aromatic carbocycles. The van der Waals surface area contributed by atoms with Crippen LogP contribution in [-0.4, -0.2) is 11.9 Å². The van der Waals surface area contributed by atoms with Crippen LogP contribution in [0.2, 0.25) is 0 Å². The van der Waals surface area contributed by atoms with Crippen LogP contribution in [-0.2, 0) is 11.3 Å². The van der Waals surface area contributed by atoms with Gasteiger partial charge in [-0.2, -0.15) is 0 Å². The Bertz CT molecular complexity index is 1250. The van der Waals surface area contributed by atoms with Gasteiger partial charge >= 0.3 is 11.6 Å². The number of thiophene rings is 1. The van der Waals surface area contributed by atoms with Crippen LogP contribution >= 0.6 is 11.3 Å². The molecule has 0 bridgehead atoms. The Morgan fingerprint density at radius 1 is 1.14 bits per heavy atom. The first kappa shape index (κ1) is 18.7. The fourth-order valence-corrected chi connectivity index (χ4v) is 3.56. The lowest BCUT2D eigenvalue weighted by Crippen LogP contribution is -2.09. The third-order valence-corrected chi connectivity index (χ3v) is 5.11. The number of carbonyl (C=O) groups excluding carboxylic acids is 2. The molecule has 0 aliphatic carbocycles. The Labute approximate surface area is 168 Å². The van der Waals surface area contributed by atoms with Gasteiger partial charge in [-0.25, -0.2) is 9.59 Å². The third-order valence-electron chi connectivity index (χ3n) is 4.13. The van der Waals surface area contributed by atoms with Gasteiger partial charge in [-0.15, -0.1) is 11.3 Å². The summed E-state index contributed by atoms with van der Waals surface area (Å²) in [4.78, 5) is 36.5. The van der Waals surface area contributed by atoms with Crippen LogP contribution in [0, 0.1) is 6.92 Å². The average molecular weight is 409 g/mol. The number of hydrogen-bond donors (Lipinski definition) is 1. The summed E-state index contributed by atoms with van der Waals surface area (Å²) in [6.07, 6.45) is 1.40. The molecule has 0 fully saturated rings. The summed E-state index contributed by atoms with van der Waals surface area (Å²) in [5.41, 5.74) is 1.46. The zero-order chi connectivity index (χ0) is 20.4. The quantitative estimate of drug-likeness (QED) is 0.388. The lowest BCUT2D eigenvalue weighted by Gasteiger charge is -2.07. The van der Waals surface area contributed by atoms with E-state index in [0.717, 1.165) is 16.9 Å². The van der Waals surface area contributed by atoms with E-state index in [9.17, 15) is 14.4 Å². The molecule has 0 spiro atoms. The topological polar surface area (TPSA) is 98.7 Å². The van der Waals surface area contributed by atoms with Crippen LogP contribution in [0.25, 0.3) is 11.0 Å². The minimum atomic E-state index is -0.554. The molecule has 0 saturated heterocycles. The van der Waals surface area contributed by atoms with Gasteiger partial charge in [0.15, 0.2) is 5.76 Å². The van der Waals surface area contributed by atoms with E-state index in [1.165, 1.54) is 12.3 Å². The SMILES string of the molecule is Cc1ccc2c(COC(=O)c3ccc(NC(=O)c4ccco4)s3)cc(=O)oc2c1. The predicted molar refractivity (Wildman–Crippen MR) is 107 cm³/mol. The maximum absolute atomic E-state index is 12.4. The molecule has 0 unspecified atom stereocenters. The van der Waals surface area contributed by atoms with Gasteiger partial charge in [0.25, 0.3) is 5.91 Å². The molecule has 8 heteroatoms. The van der Waals surface area contributed by atoms with Crippen molar-refractivity contribution in [2.45, 2.75) is 13.5 Å². The zero-order valence-electron chi connectivity index (χ0n) is 15.3. The molecule has 4 rings (SSSR count). The fraction of sp³-hybridized carbons (Fsp3) is 0.0952. The third kappa shape index (κ3) is 4.12. The first-order valence-electron chi connectivity index (χ1n) is 8.65. The number of hydrogen-bond acceptors (Lipinski definition) is 7. The Morgan fingerprint density at radius 3 is 2.79 bits per heavy atom. The molecular weight excluding hydrogens is 394 g/mol. The molecule has 0 aliphatic rings. The number of ether oxygens (including phenoxy) is 1. The van der Waals surface area contributed by atoms with E-state index >= 15 is 0 Å². The highest BCUT2D eigenvalue weighted by Crippen LogP contribution is 2.24. The number of esters is 1. The van der Waals surface area contributed by atoms with Crippen LogP contribution in [0.15, 0.2) is 68.4 Å². The molecule has 3 aromatic heterocycles. The Kier molecular flexibility index (Phi) is 5.01. The molecular formula is C21H15NO6S. The van der Waals surface area contributed by atoms with Gasteiger partial charge < -0.3 is 18.9 Å². The van der Waals surface area contributed by atoms with Crippen molar-refractivity contribution in [1.29, 1.82) is 0 Å². The number of benzene rings is 1. The largest absolute Gasteiger partial charge is 0.459 e. The summed E-state index contributed by atoms with van der Waals surface area (Å²) in [5, 5.41) is 3.85. The van der Waals surface area contributed by atoms with Crippen molar-refractivity contribution in [2.75, 3.05) is 5.32 Å². The molecule has 1 N–H and O–H groups in total. The Hall–Kier alpha value is -3.65. The number of aryl methyl sites for hydroxylation is 1. The lowest BCUT2D eigenvalue weighted by atomic mass is 10.1. The summed E-state index contributed by atoms with van der Waals surface area (Å²) < 4.78 is 15.6. The fourth-order valence-electron chi connectivity index (χ4n) is 2.77. The Morgan fingerprint density at radius 2 is 2.00 bits per heavy atom. The van der Waals surface area contributed by atoms with Crippen LogP contribution in [0.3, 0.4) is 0 Å². The van der Waals surface area contributed by atoms with Crippen LogP contribution in [0.4, 0.5) is 5.00 Å². The number of nitrogens with one attached hydrogen (secondary N) is 1. The van der Waals surface area contributed by atoms with Crippen molar-refractivity contribution in [1.82, 2.24) is 0 Å². The second kappa shape index (κ2) is 7.76. The number of amides is 1. The highest BCUT2D eigenvalue weighted by Gasteiger charge is 2.15. The van der Waals surface area contributed by atoms with E-state index in [2.05, 4.69) is 5.32 Å². The average Bonchev–Trinajstić information content (AvgIpc) is 3.37. The van der Waals surface area contributed by atoms with Gasteiger partial charge in [0.05, 0.1) is 11.3 Å². The monoisotopic (exact) mass is 409 g/mol. The minimum Gasteiger partial charge on any atom is -0.459 e. The molecule has 0 radical (unpaired) electrons. The molecule has 0 saturated carbocycles. The molecule has 4 aromatic rings. The highest BCUT2D eigenvalue weighted by molar-refractivity contribution is 7.18. The molecule has 29 heavy (non-hydrogen) atoms. The minimum absolute atomic E-state index is 0.0734. The number of fused-ring (bicyclic) bond motifs is 1. The second-order valence-corrected chi connectivity index (χ2v) is 7.35. The maximum Gasteiger partial charge on any atom is 0.348 e. The van der Waals surface area contributed by atoms with Crippen LogP contribution < -0.4 is 10.9 Å². The van der Waals surface area contributed by atoms with Gasteiger partial charge in [-0.05, 0) is 42.8 Å². The van der Waals surface area contributed by atoms with Crippen molar-refractivity contribution in [3.05, 3.63) is 87.0 Å². The number of carbonyl (C=O) groups is 2. The van der Waals surface area contributed by atoms with E-state index in [1.807, 2.05) is 19.1 Å². The van der Waals surface area contributed by atoms with E-state index in [4.69, 9.17) is 13.6 Å². The molecule has 0 atom stereocenters. The molecule has 7 nitrogen and oxygen atoms in total. The van der Waals surface area contributed by atoms with E-state index < -0.39 is 17.5 Å². The van der Waals surface area contributed by atoms with E-state index in [-0.39, 0.29) is 12.4 Å². The van der Waals surface area contributed by atoms with Gasteiger partial charge in [-0.1, -0.05) is 12.1 Å². The Balaban J connectivity index is 1.46. The van der Waals surface area contributed by atoms with Crippen molar-refractivity contribution < 1.29 is 23.2 Å². The lowest BCUT2D eigenvalue weighted by molar-refractivity contribution is 0.0479. The summed E-state index contributed by atoms with van der Waals surface area (Å²) >= 11 is 1.08. The second-order valence-electron chi connectivity index (χ2n) is 6.26. The standard InChI is InChI=1S/C21H15NO6S/c1-12-4-5-14-13(10-19(23)28-16(14)9-12)11-27-21(25)17-6-7-18(29-17)22-20(24)15-3-2-8-26-15/h2-10H,11H2,1H3,(H,22,24). The van der Waals surface area contributed by atoms with Crippen LogP contribution in [0.5, 0.6) is 0 Å². The van der Waals surface area contributed by atoms with Crippen molar-refractivity contribution in [2.24, 2.45) is 0 Å².